The fourth-order valence-corrected chi connectivity index (χ4v) is 6.69. The van der Waals surface area contributed by atoms with Gasteiger partial charge in [-0.15, -0.1) is 0 Å². The molecule has 2 amide bonds. The number of anilines is 1. The molecule has 40 heavy (non-hydrogen) atoms. The smallest absolute Gasteiger partial charge is 0.264 e. The van der Waals surface area contributed by atoms with Gasteiger partial charge in [0.25, 0.3) is 10.0 Å². The number of nitrogens with one attached hydrogen (secondary N) is 1. The fraction of sp³-hybridized carbons (Fsp3) is 0.375. The summed E-state index contributed by atoms with van der Waals surface area (Å²) in [6.45, 7) is 7.15. The molecular weight excluding hydrogens is 522 g/mol. The Bertz CT molecular complexity index is 1450. The molecule has 212 valence electrons. The van der Waals surface area contributed by atoms with E-state index in [-0.39, 0.29) is 23.4 Å². The Kier molecular flexibility index (Phi) is 9.30. The topological polar surface area (TPSA) is 86.8 Å². The SMILES string of the molecule is Cc1cccc(CN(C(=O)CN(c2cc(C)ccc2C)S(=O)(=O)c2ccccc2)[C@@H](C)C(=O)NC2CCCC2)c1. The molecule has 3 aromatic rings. The molecule has 1 saturated carbocycles. The summed E-state index contributed by atoms with van der Waals surface area (Å²) in [5, 5.41) is 3.10. The molecule has 1 atom stereocenters. The van der Waals surface area contributed by atoms with Crippen LogP contribution in [0.15, 0.2) is 77.7 Å². The number of nitrogens with zero attached hydrogens (tertiary/aromatic N) is 2. The molecule has 0 aromatic heterocycles. The first-order valence-electron chi connectivity index (χ1n) is 13.9. The zero-order valence-corrected chi connectivity index (χ0v) is 24.6. The Balaban J connectivity index is 1.71. The highest BCUT2D eigenvalue weighted by atomic mass is 32.2. The number of carbonyl (C=O) groups is 2. The van der Waals surface area contributed by atoms with Crippen molar-refractivity contribution in [1.29, 1.82) is 0 Å². The van der Waals surface area contributed by atoms with E-state index in [1.807, 2.05) is 57.2 Å². The van der Waals surface area contributed by atoms with E-state index >= 15 is 0 Å². The molecule has 1 fully saturated rings. The third-order valence-electron chi connectivity index (χ3n) is 7.55. The minimum atomic E-state index is -4.08. The van der Waals surface area contributed by atoms with E-state index in [4.69, 9.17) is 0 Å². The summed E-state index contributed by atoms with van der Waals surface area (Å²) in [6, 6.07) is 20.8. The second kappa shape index (κ2) is 12.7. The molecular formula is C32H39N3O4S. The Labute approximate surface area is 238 Å². The van der Waals surface area contributed by atoms with Crippen LogP contribution < -0.4 is 9.62 Å². The molecule has 0 bridgehead atoms. The van der Waals surface area contributed by atoms with Crippen molar-refractivity contribution in [3.05, 3.63) is 95.1 Å². The molecule has 1 N–H and O–H groups in total. The predicted octanol–water partition coefficient (Wildman–Crippen LogP) is 5.28. The van der Waals surface area contributed by atoms with E-state index in [0.29, 0.717) is 5.69 Å². The van der Waals surface area contributed by atoms with E-state index in [2.05, 4.69) is 5.32 Å². The molecule has 0 spiro atoms. The molecule has 0 heterocycles. The van der Waals surface area contributed by atoms with Gasteiger partial charge in [-0.2, -0.15) is 0 Å². The van der Waals surface area contributed by atoms with Crippen LogP contribution in [0, 0.1) is 20.8 Å². The van der Waals surface area contributed by atoms with Gasteiger partial charge in [0, 0.05) is 12.6 Å². The van der Waals surface area contributed by atoms with Gasteiger partial charge >= 0.3 is 0 Å². The lowest BCUT2D eigenvalue weighted by atomic mass is 10.1. The van der Waals surface area contributed by atoms with Crippen molar-refractivity contribution in [1.82, 2.24) is 10.2 Å². The molecule has 7 nitrogen and oxygen atoms in total. The normalized spacial score (nSPS) is 14.5. The molecule has 4 rings (SSSR count). The number of hydrogen-bond acceptors (Lipinski definition) is 4. The van der Waals surface area contributed by atoms with Gasteiger partial charge in [0.05, 0.1) is 10.6 Å². The summed E-state index contributed by atoms with van der Waals surface area (Å²) in [5.74, 6) is -0.673. The largest absolute Gasteiger partial charge is 0.352 e. The maximum Gasteiger partial charge on any atom is 0.264 e. The lowest BCUT2D eigenvalue weighted by Crippen LogP contribution is -2.52. The van der Waals surface area contributed by atoms with Crippen LogP contribution in [0.3, 0.4) is 0 Å². The van der Waals surface area contributed by atoms with Gasteiger partial charge in [-0.25, -0.2) is 8.42 Å². The van der Waals surface area contributed by atoms with Crippen LogP contribution in [0.2, 0.25) is 0 Å². The zero-order chi connectivity index (χ0) is 28.9. The van der Waals surface area contributed by atoms with Crippen LogP contribution >= 0.6 is 0 Å². The van der Waals surface area contributed by atoms with Crippen molar-refractivity contribution in [2.45, 2.75) is 76.9 Å². The van der Waals surface area contributed by atoms with Crippen LogP contribution in [0.1, 0.15) is 54.9 Å². The van der Waals surface area contributed by atoms with Crippen molar-refractivity contribution in [2.75, 3.05) is 10.8 Å². The lowest BCUT2D eigenvalue weighted by molar-refractivity contribution is -0.139. The molecule has 0 saturated heterocycles. The van der Waals surface area contributed by atoms with Gasteiger partial charge in [-0.1, -0.05) is 73.0 Å². The molecule has 3 aromatic carbocycles. The first kappa shape index (κ1) is 29.3. The average Bonchev–Trinajstić information content (AvgIpc) is 3.45. The summed E-state index contributed by atoms with van der Waals surface area (Å²) in [7, 11) is -4.08. The summed E-state index contributed by atoms with van der Waals surface area (Å²) in [6.07, 6.45) is 4.01. The highest BCUT2D eigenvalue weighted by molar-refractivity contribution is 7.92. The van der Waals surface area contributed by atoms with Gasteiger partial charge in [-0.05, 0) is 75.4 Å². The maximum atomic E-state index is 14.1. The summed E-state index contributed by atoms with van der Waals surface area (Å²) in [5.41, 5.74) is 3.96. The number of sulfonamides is 1. The Hall–Kier alpha value is -3.65. The predicted molar refractivity (Wildman–Crippen MR) is 158 cm³/mol. The molecule has 0 radical (unpaired) electrons. The highest BCUT2D eigenvalue weighted by Gasteiger charge is 2.33. The van der Waals surface area contributed by atoms with Gasteiger partial charge in [0.15, 0.2) is 0 Å². The quantitative estimate of drug-likeness (QED) is 0.365. The maximum absolute atomic E-state index is 14.1. The third kappa shape index (κ3) is 6.91. The number of rotatable bonds is 10. The first-order valence-corrected chi connectivity index (χ1v) is 15.3. The molecule has 8 heteroatoms. The monoisotopic (exact) mass is 561 g/mol. The van der Waals surface area contributed by atoms with Crippen LogP contribution in [0.4, 0.5) is 5.69 Å². The standard InChI is InChI=1S/C32H39N3O4S/c1-23-11-10-12-27(19-23)21-34(26(4)32(37)33-28-13-8-9-14-28)31(36)22-35(30-20-24(2)17-18-25(30)3)40(38,39)29-15-6-5-7-16-29/h5-7,10-12,15-20,26,28H,8-9,13-14,21-22H2,1-4H3,(H,33,37)/t26-/m0/s1. The molecule has 0 unspecified atom stereocenters. The second-order valence-corrected chi connectivity index (χ2v) is 12.7. The van der Waals surface area contributed by atoms with E-state index in [0.717, 1.165) is 47.9 Å². The van der Waals surface area contributed by atoms with Crippen molar-refractivity contribution in [2.24, 2.45) is 0 Å². The van der Waals surface area contributed by atoms with E-state index < -0.39 is 28.5 Å². The number of benzene rings is 3. The van der Waals surface area contributed by atoms with Gasteiger partial charge < -0.3 is 10.2 Å². The zero-order valence-electron chi connectivity index (χ0n) is 23.8. The first-order chi connectivity index (χ1) is 19.1. The number of hydrogen-bond donors (Lipinski definition) is 1. The number of amides is 2. The number of carbonyl (C=O) groups excluding carboxylic acids is 2. The third-order valence-corrected chi connectivity index (χ3v) is 9.32. The van der Waals surface area contributed by atoms with Gasteiger partial charge in [0.1, 0.15) is 12.6 Å². The molecule has 0 aliphatic heterocycles. The van der Waals surface area contributed by atoms with Crippen molar-refractivity contribution >= 4 is 27.5 Å². The second-order valence-electron chi connectivity index (χ2n) is 10.8. The molecule has 1 aliphatic carbocycles. The summed E-state index contributed by atoms with van der Waals surface area (Å²) < 4.78 is 29.1. The van der Waals surface area contributed by atoms with Gasteiger partial charge in [0.2, 0.25) is 11.8 Å². The van der Waals surface area contributed by atoms with Crippen LogP contribution in [0.25, 0.3) is 0 Å². The Morgan fingerprint density at radius 1 is 0.900 bits per heavy atom. The minimum absolute atomic E-state index is 0.0981. The van der Waals surface area contributed by atoms with Crippen LogP contribution in [-0.2, 0) is 26.2 Å². The van der Waals surface area contributed by atoms with Crippen molar-refractivity contribution in [3.63, 3.8) is 0 Å². The van der Waals surface area contributed by atoms with Crippen molar-refractivity contribution in [3.8, 4) is 0 Å². The highest BCUT2D eigenvalue weighted by Crippen LogP contribution is 2.28. The Morgan fingerprint density at radius 2 is 1.57 bits per heavy atom. The Morgan fingerprint density at radius 3 is 2.25 bits per heavy atom. The minimum Gasteiger partial charge on any atom is -0.352 e. The van der Waals surface area contributed by atoms with Crippen molar-refractivity contribution < 1.29 is 18.0 Å². The van der Waals surface area contributed by atoms with E-state index in [1.165, 1.54) is 21.3 Å². The van der Waals surface area contributed by atoms with E-state index in [9.17, 15) is 18.0 Å². The summed E-state index contributed by atoms with van der Waals surface area (Å²) >= 11 is 0. The van der Waals surface area contributed by atoms with Crippen LogP contribution in [-0.4, -0.2) is 43.8 Å². The lowest BCUT2D eigenvalue weighted by Gasteiger charge is -2.33. The van der Waals surface area contributed by atoms with Crippen LogP contribution in [0.5, 0.6) is 0 Å². The van der Waals surface area contributed by atoms with Gasteiger partial charge in [-0.3, -0.25) is 13.9 Å². The van der Waals surface area contributed by atoms with E-state index in [1.54, 1.807) is 31.2 Å². The average molecular weight is 562 g/mol. The number of aryl methyl sites for hydroxylation is 3. The fourth-order valence-electron chi connectivity index (χ4n) is 5.20. The summed E-state index contributed by atoms with van der Waals surface area (Å²) in [4.78, 5) is 29.0. The molecule has 1 aliphatic rings.